The summed E-state index contributed by atoms with van der Waals surface area (Å²) in [7, 11) is 0. The largest absolute Gasteiger partial charge is 0.317 e. The van der Waals surface area contributed by atoms with Crippen molar-refractivity contribution in [1.82, 2.24) is 15.3 Å². The highest BCUT2D eigenvalue weighted by atomic mass is 16.2. The van der Waals surface area contributed by atoms with Gasteiger partial charge in [0.1, 0.15) is 5.82 Å². The highest BCUT2D eigenvalue weighted by Crippen LogP contribution is 2.28. The molecule has 2 rings (SSSR count). The number of aromatic nitrogens is 2. The van der Waals surface area contributed by atoms with Crippen LogP contribution in [-0.2, 0) is 4.79 Å². The number of hydrogen-bond donors (Lipinski definition) is 1. The predicted octanol–water partition coefficient (Wildman–Crippen LogP) is 1.33. The molecule has 19 heavy (non-hydrogen) atoms. The number of carbonyl (C=O) groups excluding carboxylic acids is 2. The van der Waals surface area contributed by atoms with Crippen LogP contribution in [0.5, 0.6) is 0 Å². The molecule has 5 heteroatoms. The van der Waals surface area contributed by atoms with E-state index in [-0.39, 0.29) is 5.92 Å². The lowest BCUT2D eigenvalue weighted by atomic mass is 9.89. The summed E-state index contributed by atoms with van der Waals surface area (Å²) in [4.78, 5) is 32.2. The van der Waals surface area contributed by atoms with Crippen LogP contribution in [-0.4, -0.2) is 34.6 Å². The number of carbonyl (C=O) groups is 2. The third kappa shape index (κ3) is 2.87. The van der Waals surface area contributed by atoms with Gasteiger partial charge in [-0.3, -0.25) is 9.59 Å². The SMILES string of the molecule is CC(=O)C(=O)c1c(C)nc(C)nc1C1CCNCC1. The van der Waals surface area contributed by atoms with Gasteiger partial charge in [-0.2, -0.15) is 0 Å². The molecule has 0 aliphatic carbocycles. The summed E-state index contributed by atoms with van der Waals surface area (Å²) < 4.78 is 0. The fourth-order valence-corrected chi connectivity index (χ4v) is 2.59. The first-order valence-electron chi connectivity index (χ1n) is 6.61. The minimum Gasteiger partial charge on any atom is -0.317 e. The van der Waals surface area contributed by atoms with E-state index >= 15 is 0 Å². The third-order valence-electron chi connectivity index (χ3n) is 3.50. The summed E-state index contributed by atoms with van der Waals surface area (Å²) in [6.07, 6.45) is 1.88. The van der Waals surface area contributed by atoms with E-state index in [1.165, 1.54) is 6.92 Å². The molecule has 102 valence electrons. The van der Waals surface area contributed by atoms with E-state index in [2.05, 4.69) is 15.3 Å². The van der Waals surface area contributed by atoms with Gasteiger partial charge in [0.2, 0.25) is 5.78 Å². The monoisotopic (exact) mass is 261 g/mol. The first-order chi connectivity index (χ1) is 9.00. The highest BCUT2D eigenvalue weighted by Gasteiger charge is 2.27. The second-order valence-corrected chi connectivity index (χ2v) is 5.03. The van der Waals surface area contributed by atoms with Gasteiger partial charge in [0.25, 0.3) is 0 Å². The number of rotatable bonds is 3. The van der Waals surface area contributed by atoms with Crippen molar-refractivity contribution in [1.29, 1.82) is 0 Å². The zero-order valence-corrected chi connectivity index (χ0v) is 11.6. The van der Waals surface area contributed by atoms with E-state index in [4.69, 9.17) is 0 Å². The zero-order valence-electron chi connectivity index (χ0n) is 11.6. The van der Waals surface area contributed by atoms with Crippen LogP contribution in [0.25, 0.3) is 0 Å². The van der Waals surface area contributed by atoms with Crippen molar-refractivity contribution in [3.05, 3.63) is 22.8 Å². The molecule has 1 fully saturated rings. The molecule has 0 aromatic carbocycles. The summed E-state index contributed by atoms with van der Waals surface area (Å²) in [6.45, 7) is 6.73. The summed E-state index contributed by atoms with van der Waals surface area (Å²) >= 11 is 0. The Morgan fingerprint density at radius 3 is 2.37 bits per heavy atom. The van der Waals surface area contributed by atoms with Gasteiger partial charge in [-0.05, 0) is 39.8 Å². The molecule has 0 spiro atoms. The number of hydrogen-bond acceptors (Lipinski definition) is 5. The van der Waals surface area contributed by atoms with Gasteiger partial charge in [-0.1, -0.05) is 0 Å². The lowest BCUT2D eigenvalue weighted by molar-refractivity contribution is -0.113. The molecule has 1 N–H and O–H groups in total. The molecule has 2 heterocycles. The van der Waals surface area contributed by atoms with Crippen LogP contribution in [0.1, 0.15) is 53.3 Å². The van der Waals surface area contributed by atoms with Crippen LogP contribution >= 0.6 is 0 Å². The number of nitrogens with zero attached hydrogens (tertiary/aromatic N) is 2. The van der Waals surface area contributed by atoms with E-state index in [1.54, 1.807) is 6.92 Å². The second kappa shape index (κ2) is 5.57. The predicted molar refractivity (Wildman–Crippen MR) is 71.4 cm³/mol. The summed E-state index contributed by atoms with van der Waals surface area (Å²) in [6, 6.07) is 0. The van der Waals surface area contributed by atoms with Gasteiger partial charge in [0.05, 0.1) is 17.0 Å². The number of ketones is 2. The average molecular weight is 261 g/mol. The van der Waals surface area contributed by atoms with E-state index in [1.807, 2.05) is 6.92 Å². The molecule has 0 saturated carbocycles. The van der Waals surface area contributed by atoms with Crippen LogP contribution in [0, 0.1) is 13.8 Å². The van der Waals surface area contributed by atoms with Gasteiger partial charge in [-0.25, -0.2) is 9.97 Å². The third-order valence-corrected chi connectivity index (χ3v) is 3.50. The van der Waals surface area contributed by atoms with Gasteiger partial charge < -0.3 is 5.32 Å². The molecule has 0 amide bonds. The van der Waals surface area contributed by atoms with Crippen molar-refractivity contribution in [3.63, 3.8) is 0 Å². The molecule has 0 bridgehead atoms. The summed E-state index contributed by atoms with van der Waals surface area (Å²) in [5.74, 6) is -0.0251. The minimum atomic E-state index is -0.467. The van der Waals surface area contributed by atoms with Crippen LogP contribution in [0.3, 0.4) is 0 Å². The molecule has 1 aliphatic rings. The smallest absolute Gasteiger partial charge is 0.231 e. The molecule has 1 saturated heterocycles. The fourth-order valence-electron chi connectivity index (χ4n) is 2.59. The maximum atomic E-state index is 12.1. The Hall–Kier alpha value is -1.62. The maximum absolute atomic E-state index is 12.1. The Labute approximate surface area is 112 Å². The Balaban J connectivity index is 2.50. The maximum Gasteiger partial charge on any atom is 0.231 e. The van der Waals surface area contributed by atoms with Gasteiger partial charge >= 0.3 is 0 Å². The lowest BCUT2D eigenvalue weighted by Gasteiger charge is -2.24. The standard InChI is InChI=1S/C14H19N3O2/c1-8-12(14(19)9(2)18)13(17-10(3)16-8)11-4-6-15-7-5-11/h11,15H,4-7H2,1-3H3. The summed E-state index contributed by atoms with van der Waals surface area (Å²) in [5, 5.41) is 3.29. The number of piperidine rings is 1. The first kappa shape index (κ1) is 13.8. The zero-order chi connectivity index (χ0) is 14.0. The van der Waals surface area contributed by atoms with Crippen molar-refractivity contribution >= 4 is 11.6 Å². The van der Waals surface area contributed by atoms with Crippen LogP contribution in [0.4, 0.5) is 0 Å². The molecular weight excluding hydrogens is 242 g/mol. The molecular formula is C14H19N3O2. The Bertz CT molecular complexity index is 520. The summed E-state index contributed by atoms with van der Waals surface area (Å²) in [5.41, 5.74) is 1.79. The molecule has 0 atom stereocenters. The van der Waals surface area contributed by atoms with E-state index in [0.29, 0.717) is 17.1 Å². The Morgan fingerprint density at radius 2 is 1.79 bits per heavy atom. The quantitative estimate of drug-likeness (QED) is 0.656. The molecule has 1 aliphatic heterocycles. The molecule has 0 unspecified atom stereocenters. The number of aryl methyl sites for hydroxylation is 2. The van der Waals surface area contributed by atoms with Gasteiger partial charge in [0.15, 0.2) is 5.78 Å². The number of nitrogens with one attached hydrogen (secondary N) is 1. The topological polar surface area (TPSA) is 72.0 Å². The Kier molecular flexibility index (Phi) is 4.04. The average Bonchev–Trinajstić information content (AvgIpc) is 2.38. The van der Waals surface area contributed by atoms with Gasteiger partial charge in [0, 0.05) is 12.8 Å². The van der Waals surface area contributed by atoms with Crippen molar-refractivity contribution in [2.75, 3.05) is 13.1 Å². The van der Waals surface area contributed by atoms with E-state index in [9.17, 15) is 9.59 Å². The first-order valence-corrected chi connectivity index (χ1v) is 6.61. The second-order valence-electron chi connectivity index (χ2n) is 5.03. The van der Waals surface area contributed by atoms with Crippen molar-refractivity contribution in [2.45, 2.75) is 39.5 Å². The minimum absolute atomic E-state index is 0.236. The van der Waals surface area contributed by atoms with Crippen molar-refractivity contribution < 1.29 is 9.59 Å². The van der Waals surface area contributed by atoms with E-state index < -0.39 is 11.6 Å². The highest BCUT2D eigenvalue weighted by molar-refractivity contribution is 6.43. The number of Topliss-reactive ketones (excluding diaryl/α,β-unsaturated/α-hetero) is 2. The molecule has 5 nitrogen and oxygen atoms in total. The van der Waals surface area contributed by atoms with Crippen LogP contribution in [0.2, 0.25) is 0 Å². The molecule has 0 radical (unpaired) electrons. The molecule has 1 aromatic rings. The van der Waals surface area contributed by atoms with Crippen LogP contribution in [0.15, 0.2) is 0 Å². The normalized spacial score (nSPS) is 16.4. The van der Waals surface area contributed by atoms with Crippen LogP contribution < -0.4 is 5.32 Å². The molecule has 1 aromatic heterocycles. The van der Waals surface area contributed by atoms with Crippen molar-refractivity contribution in [2.24, 2.45) is 0 Å². The van der Waals surface area contributed by atoms with Crippen molar-refractivity contribution in [3.8, 4) is 0 Å². The Morgan fingerprint density at radius 1 is 1.16 bits per heavy atom. The van der Waals surface area contributed by atoms with E-state index in [0.717, 1.165) is 31.6 Å². The fraction of sp³-hybridized carbons (Fsp3) is 0.571. The lowest BCUT2D eigenvalue weighted by Crippen LogP contribution is -2.29. The van der Waals surface area contributed by atoms with Gasteiger partial charge in [-0.15, -0.1) is 0 Å².